The van der Waals surface area contributed by atoms with Crippen LogP contribution in [0.25, 0.3) is 0 Å². The molecule has 1 atom stereocenters. The Morgan fingerprint density at radius 1 is 1.41 bits per heavy atom. The van der Waals surface area contributed by atoms with Crippen LogP contribution in [0.15, 0.2) is 42.9 Å². The number of nitrogens with zero attached hydrogens (tertiary/aromatic N) is 4. The molecule has 114 valence electrons. The fourth-order valence-corrected chi connectivity index (χ4v) is 2.71. The van der Waals surface area contributed by atoms with E-state index in [1.54, 1.807) is 18.3 Å². The largest absolute Gasteiger partial charge is 0.366 e. The third-order valence-electron chi connectivity index (χ3n) is 3.73. The highest BCUT2D eigenvalue weighted by Gasteiger charge is 2.22. The molecule has 2 heterocycles. The molecule has 0 spiro atoms. The Bertz CT molecular complexity index is 649. The number of hydrogen-bond donors (Lipinski definition) is 1. The van der Waals surface area contributed by atoms with E-state index in [4.69, 9.17) is 0 Å². The first kappa shape index (κ1) is 14.4. The molecule has 1 aromatic heterocycles. The van der Waals surface area contributed by atoms with E-state index in [1.165, 1.54) is 12.4 Å². The van der Waals surface area contributed by atoms with Crippen molar-refractivity contribution in [1.82, 2.24) is 14.9 Å². The lowest BCUT2D eigenvalue weighted by Gasteiger charge is -2.17. The number of aromatic nitrogens is 2. The number of nitro groups is 1. The van der Waals surface area contributed by atoms with Crippen LogP contribution in [0, 0.1) is 10.1 Å². The van der Waals surface area contributed by atoms with Gasteiger partial charge in [0, 0.05) is 44.0 Å². The second kappa shape index (κ2) is 6.48. The average molecular weight is 299 g/mol. The van der Waals surface area contributed by atoms with Crippen LogP contribution in [0.2, 0.25) is 0 Å². The van der Waals surface area contributed by atoms with Crippen LogP contribution in [0.3, 0.4) is 0 Å². The minimum Gasteiger partial charge on any atom is -0.366 e. The van der Waals surface area contributed by atoms with Crippen molar-refractivity contribution in [3.8, 4) is 0 Å². The number of nitro benzene ring substituents is 1. The Labute approximate surface area is 128 Å². The van der Waals surface area contributed by atoms with Gasteiger partial charge in [0.05, 0.1) is 4.92 Å². The summed E-state index contributed by atoms with van der Waals surface area (Å²) in [6, 6.07) is 9.02. The van der Waals surface area contributed by atoms with Crippen molar-refractivity contribution >= 4 is 11.5 Å². The van der Waals surface area contributed by atoms with Crippen molar-refractivity contribution in [2.45, 2.75) is 19.0 Å². The molecule has 0 radical (unpaired) electrons. The third-order valence-corrected chi connectivity index (χ3v) is 3.73. The molecule has 0 bridgehead atoms. The molecule has 1 aliphatic rings. The van der Waals surface area contributed by atoms with Gasteiger partial charge in [0.15, 0.2) is 0 Å². The Hall–Kier alpha value is -2.54. The summed E-state index contributed by atoms with van der Waals surface area (Å²) in [5.41, 5.74) is 1.12. The molecule has 0 aliphatic carbocycles. The van der Waals surface area contributed by atoms with E-state index < -0.39 is 0 Å². The maximum absolute atomic E-state index is 10.8. The Balaban J connectivity index is 1.57. The van der Waals surface area contributed by atoms with Crippen LogP contribution in [0.5, 0.6) is 0 Å². The van der Waals surface area contributed by atoms with Gasteiger partial charge in [-0.25, -0.2) is 9.97 Å². The fraction of sp³-hybridized carbons (Fsp3) is 0.333. The molecule has 1 aliphatic heterocycles. The molecule has 1 fully saturated rings. The Morgan fingerprint density at radius 3 is 3.09 bits per heavy atom. The maximum atomic E-state index is 10.8. The summed E-state index contributed by atoms with van der Waals surface area (Å²) >= 11 is 0. The number of non-ortho nitro benzene ring substituents is 1. The summed E-state index contributed by atoms with van der Waals surface area (Å²) in [5, 5.41) is 14.2. The lowest BCUT2D eigenvalue weighted by molar-refractivity contribution is -0.384. The molecule has 1 aromatic carbocycles. The summed E-state index contributed by atoms with van der Waals surface area (Å²) in [5.74, 6) is 0.831. The summed E-state index contributed by atoms with van der Waals surface area (Å²) in [6.07, 6.45) is 4.27. The lowest BCUT2D eigenvalue weighted by Crippen LogP contribution is -2.26. The molecule has 7 heteroatoms. The van der Waals surface area contributed by atoms with Gasteiger partial charge in [-0.1, -0.05) is 12.1 Å². The number of nitrogens with one attached hydrogen (secondary N) is 1. The zero-order chi connectivity index (χ0) is 15.4. The summed E-state index contributed by atoms with van der Waals surface area (Å²) in [4.78, 5) is 20.8. The smallest absolute Gasteiger partial charge is 0.269 e. The van der Waals surface area contributed by atoms with Gasteiger partial charge in [0.1, 0.15) is 12.1 Å². The SMILES string of the molecule is O=[N+]([O-])c1cccc(CN2CCC(Nc3ccncn3)C2)c1. The molecule has 22 heavy (non-hydrogen) atoms. The van der Waals surface area contributed by atoms with Gasteiger partial charge in [0.25, 0.3) is 5.69 Å². The number of likely N-dealkylation sites (tertiary alicyclic amines) is 1. The van der Waals surface area contributed by atoms with Gasteiger partial charge in [-0.05, 0) is 18.1 Å². The highest BCUT2D eigenvalue weighted by molar-refractivity contribution is 5.35. The molecular formula is C15H17N5O2. The van der Waals surface area contributed by atoms with Crippen LogP contribution in [0.4, 0.5) is 11.5 Å². The number of rotatable bonds is 5. The van der Waals surface area contributed by atoms with E-state index in [0.29, 0.717) is 6.04 Å². The first-order valence-corrected chi connectivity index (χ1v) is 7.19. The van der Waals surface area contributed by atoms with Crippen molar-refractivity contribution in [1.29, 1.82) is 0 Å². The first-order valence-electron chi connectivity index (χ1n) is 7.19. The average Bonchev–Trinajstić information content (AvgIpc) is 2.95. The van der Waals surface area contributed by atoms with E-state index in [-0.39, 0.29) is 10.6 Å². The van der Waals surface area contributed by atoms with Gasteiger partial charge in [-0.2, -0.15) is 0 Å². The van der Waals surface area contributed by atoms with Gasteiger partial charge in [-0.15, -0.1) is 0 Å². The van der Waals surface area contributed by atoms with Crippen LogP contribution in [-0.4, -0.2) is 38.9 Å². The number of benzene rings is 1. The highest BCUT2D eigenvalue weighted by atomic mass is 16.6. The van der Waals surface area contributed by atoms with Gasteiger partial charge < -0.3 is 5.32 Å². The van der Waals surface area contributed by atoms with Gasteiger partial charge in [-0.3, -0.25) is 15.0 Å². The molecule has 1 saturated heterocycles. The fourth-order valence-electron chi connectivity index (χ4n) is 2.71. The quantitative estimate of drug-likeness (QED) is 0.672. The van der Waals surface area contributed by atoms with Gasteiger partial charge in [0.2, 0.25) is 0 Å². The minimum absolute atomic E-state index is 0.146. The highest BCUT2D eigenvalue weighted by Crippen LogP contribution is 2.19. The Kier molecular flexibility index (Phi) is 4.24. The standard InChI is InChI=1S/C15H17N5O2/c21-20(22)14-3-1-2-12(8-14)9-19-7-5-13(10-19)18-15-4-6-16-11-17-15/h1-4,6,8,11,13H,5,7,9-10H2,(H,16,17,18). The van der Waals surface area contributed by atoms with E-state index >= 15 is 0 Å². The van der Waals surface area contributed by atoms with Crippen LogP contribution < -0.4 is 5.32 Å². The van der Waals surface area contributed by atoms with Crippen molar-refractivity contribution in [3.63, 3.8) is 0 Å². The number of anilines is 1. The summed E-state index contributed by atoms with van der Waals surface area (Å²) < 4.78 is 0. The molecule has 7 nitrogen and oxygen atoms in total. The predicted molar refractivity (Wildman–Crippen MR) is 82.4 cm³/mol. The van der Waals surface area contributed by atoms with Crippen LogP contribution in [-0.2, 0) is 6.54 Å². The van der Waals surface area contributed by atoms with E-state index in [9.17, 15) is 10.1 Å². The van der Waals surface area contributed by atoms with Gasteiger partial charge >= 0.3 is 0 Å². The van der Waals surface area contributed by atoms with Crippen molar-refractivity contribution in [2.75, 3.05) is 18.4 Å². The predicted octanol–water partition coefficient (Wildman–Crippen LogP) is 2.07. The molecule has 0 amide bonds. The van der Waals surface area contributed by atoms with Crippen LogP contribution in [0.1, 0.15) is 12.0 Å². The first-order chi connectivity index (χ1) is 10.7. The van der Waals surface area contributed by atoms with Crippen molar-refractivity contribution in [3.05, 3.63) is 58.5 Å². The van der Waals surface area contributed by atoms with Crippen LogP contribution >= 0.6 is 0 Å². The Morgan fingerprint density at radius 2 is 2.32 bits per heavy atom. The molecule has 3 rings (SSSR count). The third kappa shape index (κ3) is 3.56. The van der Waals surface area contributed by atoms with E-state index in [2.05, 4.69) is 20.2 Å². The molecule has 2 aromatic rings. The monoisotopic (exact) mass is 299 g/mol. The summed E-state index contributed by atoms with van der Waals surface area (Å²) in [7, 11) is 0. The van der Waals surface area contributed by atoms with Crippen molar-refractivity contribution < 1.29 is 4.92 Å². The molecular weight excluding hydrogens is 282 g/mol. The topological polar surface area (TPSA) is 84.2 Å². The zero-order valence-corrected chi connectivity index (χ0v) is 12.1. The molecule has 1 N–H and O–H groups in total. The molecule has 0 saturated carbocycles. The maximum Gasteiger partial charge on any atom is 0.269 e. The second-order valence-electron chi connectivity index (χ2n) is 5.39. The lowest BCUT2D eigenvalue weighted by atomic mass is 10.2. The number of hydrogen-bond acceptors (Lipinski definition) is 6. The normalized spacial score (nSPS) is 18.3. The van der Waals surface area contributed by atoms with E-state index in [0.717, 1.165) is 37.4 Å². The summed E-state index contributed by atoms with van der Waals surface area (Å²) in [6.45, 7) is 2.59. The van der Waals surface area contributed by atoms with Crippen molar-refractivity contribution in [2.24, 2.45) is 0 Å². The van der Waals surface area contributed by atoms with E-state index in [1.807, 2.05) is 12.1 Å². The molecule has 1 unspecified atom stereocenters. The second-order valence-corrected chi connectivity index (χ2v) is 5.39. The zero-order valence-electron chi connectivity index (χ0n) is 12.1. The minimum atomic E-state index is -0.354.